The standard InChI is InChI=1S/C12H14BrN3O/c1-7-6-9(4-5-10(7)13)17-12-11(14)8(2)15-16(12)3/h4-6H,14H2,1-3H3. The first-order valence-electron chi connectivity index (χ1n) is 5.22. The molecule has 1 aromatic heterocycles. The van der Waals surface area contributed by atoms with E-state index < -0.39 is 0 Å². The zero-order valence-electron chi connectivity index (χ0n) is 9.99. The lowest BCUT2D eigenvalue weighted by atomic mass is 10.2. The number of aromatic nitrogens is 2. The SMILES string of the molecule is Cc1cc(Oc2c(N)c(C)nn2C)ccc1Br. The van der Waals surface area contributed by atoms with Crippen LogP contribution in [0.4, 0.5) is 5.69 Å². The predicted molar refractivity (Wildman–Crippen MR) is 71.3 cm³/mol. The molecule has 1 aromatic carbocycles. The third-order valence-electron chi connectivity index (χ3n) is 2.56. The molecule has 0 fully saturated rings. The second-order valence-electron chi connectivity index (χ2n) is 3.94. The zero-order chi connectivity index (χ0) is 12.6. The van der Waals surface area contributed by atoms with E-state index in [-0.39, 0.29) is 0 Å². The second kappa shape index (κ2) is 4.41. The number of benzene rings is 1. The van der Waals surface area contributed by atoms with Gasteiger partial charge in [-0.05, 0) is 37.6 Å². The first-order chi connectivity index (χ1) is 7.99. The molecule has 0 bridgehead atoms. The number of aryl methyl sites for hydroxylation is 3. The molecule has 0 saturated heterocycles. The van der Waals surface area contributed by atoms with Crippen molar-refractivity contribution in [3.63, 3.8) is 0 Å². The zero-order valence-corrected chi connectivity index (χ0v) is 11.6. The average molecular weight is 296 g/mol. The Bertz CT molecular complexity index is 563. The van der Waals surface area contributed by atoms with E-state index in [2.05, 4.69) is 21.0 Å². The maximum atomic E-state index is 5.90. The first-order valence-corrected chi connectivity index (χ1v) is 6.01. The molecule has 0 atom stereocenters. The number of nitrogen functional groups attached to an aromatic ring is 1. The van der Waals surface area contributed by atoms with Crippen molar-refractivity contribution in [3.8, 4) is 11.6 Å². The van der Waals surface area contributed by atoms with Crippen LogP contribution >= 0.6 is 15.9 Å². The van der Waals surface area contributed by atoms with Crippen LogP contribution in [0.2, 0.25) is 0 Å². The largest absolute Gasteiger partial charge is 0.437 e. The summed E-state index contributed by atoms with van der Waals surface area (Å²) in [6, 6.07) is 5.79. The van der Waals surface area contributed by atoms with Crippen LogP contribution in [0.1, 0.15) is 11.3 Å². The quantitative estimate of drug-likeness (QED) is 0.926. The summed E-state index contributed by atoms with van der Waals surface area (Å²) in [6.07, 6.45) is 0. The highest BCUT2D eigenvalue weighted by Crippen LogP contribution is 2.30. The van der Waals surface area contributed by atoms with Crippen LogP contribution in [0, 0.1) is 13.8 Å². The van der Waals surface area contributed by atoms with E-state index in [0.29, 0.717) is 11.6 Å². The summed E-state index contributed by atoms with van der Waals surface area (Å²) in [4.78, 5) is 0. The number of anilines is 1. The van der Waals surface area contributed by atoms with Gasteiger partial charge in [0.2, 0.25) is 5.88 Å². The number of hydrogen-bond donors (Lipinski definition) is 1. The predicted octanol–water partition coefficient (Wildman–Crippen LogP) is 3.17. The van der Waals surface area contributed by atoms with E-state index in [1.165, 1.54) is 0 Å². The van der Waals surface area contributed by atoms with Crippen LogP contribution in [0.5, 0.6) is 11.6 Å². The maximum absolute atomic E-state index is 5.90. The number of halogens is 1. The Labute approximate surface area is 109 Å². The van der Waals surface area contributed by atoms with Crippen LogP contribution in [0.3, 0.4) is 0 Å². The van der Waals surface area contributed by atoms with E-state index in [4.69, 9.17) is 10.5 Å². The van der Waals surface area contributed by atoms with Crippen LogP contribution < -0.4 is 10.5 Å². The summed E-state index contributed by atoms with van der Waals surface area (Å²) in [5, 5.41) is 4.20. The molecule has 2 N–H and O–H groups in total. The molecule has 0 aliphatic rings. The fourth-order valence-corrected chi connectivity index (χ4v) is 1.81. The Morgan fingerprint density at radius 1 is 1.35 bits per heavy atom. The van der Waals surface area contributed by atoms with Crippen LogP contribution in [0.25, 0.3) is 0 Å². The number of ether oxygens (including phenoxy) is 1. The third-order valence-corrected chi connectivity index (χ3v) is 3.45. The minimum absolute atomic E-state index is 0.573. The van der Waals surface area contributed by atoms with Gasteiger partial charge >= 0.3 is 0 Å². The molecule has 0 aliphatic heterocycles. The summed E-state index contributed by atoms with van der Waals surface area (Å²) in [7, 11) is 1.81. The van der Waals surface area contributed by atoms with Gasteiger partial charge in [-0.3, -0.25) is 0 Å². The second-order valence-corrected chi connectivity index (χ2v) is 4.80. The van der Waals surface area contributed by atoms with Crippen LogP contribution in [0.15, 0.2) is 22.7 Å². The normalized spacial score (nSPS) is 10.6. The van der Waals surface area contributed by atoms with Crippen molar-refractivity contribution < 1.29 is 4.74 Å². The molecule has 0 amide bonds. The van der Waals surface area contributed by atoms with Crippen molar-refractivity contribution in [3.05, 3.63) is 33.9 Å². The topological polar surface area (TPSA) is 53.1 Å². The lowest BCUT2D eigenvalue weighted by Crippen LogP contribution is -1.97. The lowest BCUT2D eigenvalue weighted by Gasteiger charge is -2.08. The number of nitrogens with two attached hydrogens (primary N) is 1. The molecule has 0 spiro atoms. The third kappa shape index (κ3) is 2.29. The Balaban J connectivity index is 2.34. The van der Waals surface area contributed by atoms with Crippen molar-refractivity contribution in [1.29, 1.82) is 0 Å². The van der Waals surface area contributed by atoms with Gasteiger partial charge in [-0.25, -0.2) is 4.68 Å². The van der Waals surface area contributed by atoms with Crippen molar-refractivity contribution in [1.82, 2.24) is 9.78 Å². The fraction of sp³-hybridized carbons (Fsp3) is 0.250. The highest BCUT2D eigenvalue weighted by Gasteiger charge is 2.12. The van der Waals surface area contributed by atoms with Gasteiger partial charge in [0.25, 0.3) is 0 Å². The van der Waals surface area contributed by atoms with Gasteiger partial charge in [-0.1, -0.05) is 15.9 Å². The average Bonchev–Trinajstić information content (AvgIpc) is 2.50. The van der Waals surface area contributed by atoms with E-state index in [1.807, 2.05) is 39.1 Å². The molecule has 2 rings (SSSR count). The molecule has 5 heteroatoms. The van der Waals surface area contributed by atoms with Gasteiger partial charge in [-0.15, -0.1) is 0 Å². The molecule has 4 nitrogen and oxygen atoms in total. The molecular weight excluding hydrogens is 282 g/mol. The monoisotopic (exact) mass is 295 g/mol. The Kier molecular flexibility index (Phi) is 3.11. The molecular formula is C12H14BrN3O. The number of hydrogen-bond acceptors (Lipinski definition) is 3. The van der Waals surface area contributed by atoms with Gasteiger partial charge in [0.05, 0.1) is 5.69 Å². The van der Waals surface area contributed by atoms with E-state index in [1.54, 1.807) is 4.68 Å². The molecule has 0 unspecified atom stereocenters. The lowest BCUT2D eigenvalue weighted by molar-refractivity contribution is 0.432. The summed E-state index contributed by atoms with van der Waals surface area (Å²) < 4.78 is 8.45. The first kappa shape index (κ1) is 12.0. The van der Waals surface area contributed by atoms with Gasteiger partial charge in [0, 0.05) is 11.5 Å². The van der Waals surface area contributed by atoms with Crippen LogP contribution in [-0.4, -0.2) is 9.78 Å². The summed E-state index contributed by atoms with van der Waals surface area (Å²) >= 11 is 3.45. The highest BCUT2D eigenvalue weighted by molar-refractivity contribution is 9.10. The number of nitrogens with zero attached hydrogens (tertiary/aromatic N) is 2. The Morgan fingerprint density at radius 2 is 2.06 bits per heavy atom. The van der Waals surface area contributed by atoms with Crippen molar-refractivity contribution in [2.45, 2.75) is 13.8 Å². The molecule has 0 radical (unpaired) electrons. The van der Waals surface area contributed by atoms with Crippen molar-refractivity contribution in [2.24, 2.45) is 7.05 Å². The summed E-state index contributed by atoms with van der Waals surface area (Å²) in [5.41, 5.74) is 8.36. The fourth-order valence-electron chi connectivity index (χ4n) is 1.57. The van der Waals surface area contributed by atoms with Gasteiger partial charge < -0.3 is 10.5 Å². The molecule has 90 valence electrons. The molecule has 0 saturated carbocycles. The number of rotatable bonds is 2. The minimum atomic E-state index is 0.573. The van der Waals surface area contributed by atoms with Crippen molar-refractivity contribution >= 4 is 21.6 Å². The Hall–Kier alpha value is -1.49. The van der Waals surface area contributed by atoms with E-state index in [0.717, 1.165) is 21.5 Å². The highest BCUT2D eigenvalue weighted by atomic mass is 79.9. The molecule has 0 aliphatic carbocycles. The van der Waals surface area contributed by atoms with E-state index >= 15 is 0 Å². The summed E-state index contributed by atoms with van der Waals surface area (Å²) in [6.45, 7) is 3.86. The minimum Gasteiger partial charge on any atom is -0.437 e. The Morgan fingerprint density at radius 3 is 2.59 bits per heavy atom. The maximum Gasteiger partial charge on any atom is 0.241 e. The summed E-state index contributed by atoms with van der Waals surface area (Å²) in [5.74, 6) is 1.32. The van der Waals surface area contributed by atoms with Crippen LogP contribution in [-0.2, 0) is 7.05 Å². The molecule has 17 heavy (non-hydrogen) atoms. The molecule has 2 aromatic rings. The van der Waals surface area contributed by atoms with Crippen molar-refractivity contribution in [2.75, 3.05) is 5.73 Å². The van der Waals surface area contributed by atoms with Gasteiger partial charge in [-0.2, -0.15) is 5.10 Å². The van der Waals surface area contributed by atoms with Gasteiger partial charge in [0.15, 0.2) is 0 Å². The van der Waals surface area contributed by atoms with Gasteiger partial charge in [0.1, 0.15) is 11.4 Å². The van der Waals surface area contributed by atoms with E-state index in [9.17, 15) is 0 Å². The smallest absolute Gasteiger partial charge is 0.241 e. The molecule has 1 heterocycles.